The van der Waals surface area contributed by atoms with Gasteiger partial charge in [-0.1, -0.05) is 13.8 Å². The third kappa shape index (κ3) is 1.76. The number of furan rings is 1. The first kappa shape index (κ1) is 12.2. The Balaban J connectivity index is 2.28. The first-order valence-corrected chi connectivity index (χ1v) is 5.82. The van der Waals surface area contributed by atoms with Gasteiger partial charge in [0.15, 0.2) is 0 Å². The van der Waals surface area contributed by atoms with Gasteiger partial charge in [-0.05, 0) is 30.9 Å². The number of rotatable bonds is 3. The molecule has 0 saturated heterocycles. The Labute approximate surface area is 101 Å². The quantitative estimate of drug-likeness (QED) is 0.817. The van der Waals surface area contributed by atoms with Crippen LogP contribution in [0.2, 0.25) is 0 Å². The summed E-state index contributed by atoms with van der Waals surface area (Å²) in [7, 11) is 1.37. The smallest absolute Gasteiger partial charge is 0.341 e. The molecule has 2 atom stereocenters. The molecule has 1 aliphatic carbocycles. The highest BCUT2D eigenvalue weighted by Crippen LogP contribution is 2.64. The van der Waals surface area contributed by atoms with E-state index < -0.39 is 0 Å². The molecule has 0 aliphatic heterocycles. The van der Waals surface area contributed by atoms with E-state index in [1.165, 1.54) is 7.11 Å². The normalized spacial score (nSPS) is 25.7. The Morgan fingerprint density at radius 2 is 2.24 bits per heavy atom. The van der Waals surface area contributed by atoms with E-state index in [-0.39, 0.29) is 11.4 Å². The van der Waals surface area contributed by atoms with E-state index in [0.717, 1.165) is 5.76 Å². The van der Waals surface area contributed by atoms with Crippen LogP contribution in [0.25, 0.3) is 0 Å². The van der Waals surface area contributed by atoms with Crippen molar-refractivity contribution in [3.8, 4) is 0 Å². The molecule has 1 saturated carbocycles. The molecule has 4 heteroatoms. The summed E-state index contributed by atoms with van der Waals surface area (Å²) in [6.07, 6.45) is 0. The van der Waals surface area contributed by atoms with Crippen molar-refractivity contribution in [1.82, 2.24) is 0 Å². The third-order valence-electron chi connectivity index (χ3n) is 3.95. The second-order valence-corrected chi connectivity index (χ2v) is 5.25. The van der Waals surface area contributed by atoms with Gasteiger partial charge in [-0.15, -0.1) is 0 Å². The molecule has 0 spiro atoms. The van der Waals surface area contributed by atoms with Crippen LogP contribution in [0.1, 0.15) is 41.6 Å². The Morgan fingerprint density at radius 3 is 2.71 bits per heavy atom. The van der Waals surface area contributed by atoms with Gasteiger partial charge < -0.3 is 14.9 Å². The fourth-order valence-electron chi connectivity index (χ4n) is 2.72. The fraction of sp³-hybridized carbons (Fsp3) is 0.615. The maximum Gasteiger partial charge on any atom is 0.341 e. The second-order valence-electron chi connectivity index (χ2n) is 5.25. The summed E-state index contributed by atoms with van der Waals surface area (Å²) in [6, 6.07) is 1.79. The van der Waals surface area contributed by atoms with Crippen molar-refractivity contribution in [2.45, 2.75) is 26.7 Å². The Hall–Kier alpha value is -1.29. The van der Waals surface area contributed by atoms with Gasteiger partial charge in [-0.25, -0.2) is 4.79 Å². The molecular weight excluding hydrogens is 218 g/mol. The van der Waals surface area contributed by atoms with Crippen molar-refractivity contribution in [3.05, 3.63) is 23.2 Å². The number of methoxy groups -OCH3 is 1. The van der Waals surface area contributed by atoms with E-state index in [2.05, 4.69) is 13.8 Å². The molecule has 0 bridgehead atoms. The van der Waals surface area contributed by atoms with Crippen molar-refractivity contribution < 1.29 is 13.9 Å². The molecule has 0 unspecified atom stereocenters. The van der Waals surface area contributed by atoms with E-state index in [0.29, 0.717) is 29.7 Å². The molecular formula is C13H19NO3. The van der Waals surface area contributed by atoms with Crippen molar-refractivity contribution in [2.75, 3.05) is 13.7 Å². The van der Waals surface area contributed by atoms with Gasteiger partial charge >= 0.3 is 5.97 Å². The van der Waals surface area contributed by atoms with Gasteiger partial charge in [0.05, 0.1) is 7.11 Å². The number of esters is 1. The maximum atomic E-state index is 11.5. The van der Waals surface area contributed by atoms with Crippen molar-refractivity contribution in [2.24, 2.45) is 17.1 Å². The predicted molar refractivity (Wildman–Crippen MR) is 63.9 cm³/mol. The molecule has 0 radical (unpaired) electrons. The van der Waals surface area contributed by atoms with Gasteiger partial charge in [-0.2, -0.15) is 0 Å². The molecule has 94 valence electrons. The Bertz CT molecular complexity index is 448. The largest absolute Gasteiger partial charge is 0.465 e. The summed E-state index contributed by atoms with van der Waals surface area (Å²) in [4.78, 5) is 11.5. The summed E-state index contributed by atoms with van der Waals surface area (Å²) < 4.78 is 10.4. The van der Waals surface area contributed by atoms with E-state index in [1.807, 2.05) is 0 Å². The molecule has 2 N–H and O–H groups in total. The van der Waals surface area contributed by atoms with E-state index in [9.17, 15) is 4.79 Å². The van der Waals surface area contributed by atoms with E-state index in [4.69, 9.17) is 14.9 Å². The molecule has 1 aromatic heterocycles. The van der Waals surface area contributed by atoms with Crippen LogP contribution in [-0.2, 0) is 4.74 Å². The lowest BCUT2D eigenvalue weighted by atomic mass is 10.1. The number of nitrogens with two attached hydrogens (primary N) is 1. The van der Waals surface area contributed by atoms with Gasteiger partial charge in [-0.3, -0.25) is 0 Å². The first-order valence-electron chi connectivity index (χ1n) is 5.82. The standard InChI is InChI=1S/C13H19NO3/c1-7-8(12(15)16-4)5-10(17-7)11-9(6-14)13(11,2)3/h5,9,11H,6,14H2,1-4H3/t9-,11+/m1/s1. The topological polar surface area (TPSA) is 65.5 Å². The molecule has 0 amide bonds. The van der Waals surface area contributed by atoms with Crippen LogP contribution in [0.3, 0.4) is 0 Å². The lowest BCUT2D eigenvalue weighted by molar-refractivity contribution is 0.0599. The third-order valence-corrected chi connectivity index (χ3v) is 3.95. The van der Waals surface area contributed by atoms with Crippen molar-refractivity contribution >= 4 is 5.97 Å². The number of hydrogen-bond donors (Lipinski definition) is 1. The molecule has 1 aromatic rings. The van der Waals surface area contributed by atoms with E-state index >= 15 is 0 Å². The maximum absolute atomic E-state index is 11.5. The molecule has 1 fully saturated rings. The average Bonchev–Trinajstić information content (AvgIpc) is 2.63. The predicted octanol–water partition coefficient (Wildman–Crippen LogP) is 2.07. The van der Waals surface area contributed by atoms with Gasteiger partial charge in [0.25, 0.3) is 0 Å². The summed E-state index contributed by atoms with van der Waals surface area (Å²) in [5.74, 6) is 1.86. The minimum absolute atomic E-state index is 0.159. The second kappa shape index (κ2) is 3.88. The molecule has 2 rings (SSSR count). The highest BCUT2D eigenvalue weighted by atomic mass is 16.5. The molecule has 4 nitrogen and oxygen atoms in total. The van der Waals surface area contributed by atoms with Crippen LogP contribution < -0.4 is 5.73 Å². The monoisotopic (exact) mass is 237 g/mol. The summed E-state index contributed by atoms with van der Waals surface area (Å²) in [5, 5.41) is 0. The Kier molecular flexibility index (Phi) is 2.78. The summed E-state index contributed by atoms with van der Waals surface area (Å²) in [5.41, 5.74) is 6.41. The SMILES string of the molecule is COC(=O)c1cc([C@@H]2[C@@H](CN)C2(C)C)oc1C. The number of ether oxygens (including phenoxy) is 1. The summed E-state index contributed by atoms with van der Waals surface area (Å²) >= 11 is 0. The van der Waals surface area contributed by atoms with Gasteiger partial charge in [0.1, 0.15) is 17.1 Å². The van der Waals surface area contributed by atoms with E-state index in [1.54, 1.807) is 13.0 Å². The Morgan fingerprint density at radius 1 is 1.59 bits per heavy atom. The minimum atomic E-state index is -0.347. The van der Waals surface area contributed by atoms with Crippen LogP contribution in [0.4, 0.5) is 0 Å². The van der Waals surface area contributed by atoms with Gasteiger partial charge in [0.2, 0.25) is 0 Å². The average molecular weight is 237 g/mol. The highest BCUT2D eigenvalue weighted by molar-refractivity contribution is 5.90. The van der Waals surface area contributed by atoms with Crippen LogP contribution in [0.5, 0.6) is 0 Å². The zero-order valence-corrected chi connectivity index (χ0v) is 10.7. The minimum Gasteiger partial charge on any atom is -0.465 e. The number of aryl methyl sites for hydroxylation is 1. The highest BCUT2D eigenvalue weighted by Gasteiger charge is 2.59. The molecule has 17 heavy (non-hydrogen) atoms. The van der Waals surface area contributed by atoms with Crippen LogP contribution in [0, 0.1) is 18.3 Å². The van der Waals surface area contributed by atoms with Crippen LogP contribution in [-0.4, -0.2) is 19.6 Å². The number of hydrogen-bond acceptors (Lipinski definition) is 4. The lowest BCUT2D eigenvalue weighted by Gasteiger charge is -1.98. The molecule has 1 aliphatic rings. The molecule has 0 aromatic carbocycles. The van der Waals surface area contributed by atoms with Gasteiger partial charge in [0, 0.05) is 5.92 Å². The molecule has 1 heterocycles. The summed E-state index contributed by atoms with van der Waals surface area (Å²) in [6.45, 7) is 6.77. The number of carbonyl (C=O) groups is 1. The van der Waals surface area contributed by atoms with Crippen molar-refractivity contribution in [3.63, 3.8) is 0 Å². The van der Waals surface area contributed by atoms with Crippen molar-refractivity contribution in [1.29, 1.82) is 0 Å². The lowest BCUT2D eigenvalue weighted by Crippen LogP contribution is -2.05. The first-order chi connectivity index (χ1) is 7.93. The zero-order valence-electron chi connectivity index (χ0n) is 10.7. The zero-order chi connectivity index (χ0) is 12.8. The fourth-order valence-corrected chi connectivity index (χ4v) is 2.72. The number of carbonyl (C=O) groups excluding carboxylic acids is 1. The van der Waals surface area contributed by atoms with Crippen LogP contribution in [0.15, 0.2) is 10.5 Å². The van der Waals surface area contributed by atoms with Crippen LogP contribution >= 0.6 is 0 Å².